The molecule has 0 aliphatic carbocycles. The molecular formula is C13H19N5O2S. The molecule has 2 rings (SSSR count). The van der Waals surface area contributed by atoms with Gasteiger partial charge in [-0.15, -0.1) is 10.2 Å². The second-order valence-corrected chi connectivity index (χ2v) is 6.05. The summed E-state index contributed by atoms with van der Waals surface area (Å²) in [5.41, 5.74) is 1.11. The van der Waals surface area contributed by atoms with Gasteiger partial charge < -0.3 is 9.67 Å². The van der Waals surface area contributed by atoms with Crippen LogP contribution < -0.4 is 0 Å². The van der Waals surface area contributed by atoms with Gasteiger partial charge in [0.1, 0.15) is 5.82 Å². The fraction of sp³-hybridized carbons (Fsp3) is 0.538. The number of carboxylic acid groups (broad SMARTS) is 1. The maximum Gasteiger partial charge on any atom is 0.313 e. The molecule has 0 aliphatic heterocycles. The SMILES string of the molecule is Cc1cnn(CCn2c(SCC(=O)O)nnc2C(C)C)c1. The second-order valence-electron chi connectivity index (χ2n) is 5.11. The van der Waals surface area contributed by atoms with Gasteiger partial charge in [0.05, 0.1) is 18.5 Å². The van der Waals surface area contributed by atoms with Gasteiger partial charge in [-0.3, -0.25) is 9.48 Å². The molecule has 2 heterocycles. The van der Waals surface area contributed by atoms with Gasteiger partial charge in [-0.2, -0.15) is 5.10 Å². The molecule has 0 atom stereocenters. The average Bonchev–Trinajstić information content (AvgIpc) is 2.99. The van der Waals surface area contributed by atoms with E-state index in [0.29, 0.717) is 18.2 Å². The predicted octanol–water partition coefficient (Wildman–Crippen LogP) is 1.78. The first-order valence-corrected chi connectivity index (χ1v) is 7.72. The van der Waals surface area contributed by atoms with Crippen LogP contribution in [0.25, 0.3) is 0 Å². The molecule has 7 nitrogen and oxygen atoms in total. The standard InChI is InChI=1S/C13H19N5O2S/c1-9(2)12-15-16-13(21-8-11(19)20)18(12)5-4-17-7-10(3)6-14-17/h6-7,9H,4-5,8H2,1-3H3,(H,19,20). The monoisotopic (exact) mass is 309 g/mol. The van der Waals surface area contributed by atoms with Crippen LogP contribution in [0.1, 0.15) is 31.2 Å². The van der Waals surface area contributed by atoms with Gasteiger partial charge in [0.15, 0.2) is 5.16 Å². The smallest absolute Gasteiger partial charge is 0.313 e. The van der Waals surface area contributed by atoms with Crippen LogP contribution in [0.4, 0.5) is 0 Å². The Balaban J connectivity index is 2.13. The summed E-state index contributed by atoms with van der Waals surface area (Å²) in [6, 6.07) is 0. The zero-order valence-electron chi connectivity index (χ0n) is 12.4. The highest BCUT2D eigenvalue weighted by molar-refractivity contribution is 7.99. The summed E-state index contributed by atoms with van der Waals surface area (Å²) in [7, 11) is 0. The lowest BCUT2D eigenvalue weighted by Crippen LogP contribution is -2.13. The zero-order valence-corrected chi connectivity index (χ0v) is 13.2. The Morgan fingerprint density at radius 1 is 1.38 bits per heavy atom. The largest absolute Gasteiger partial charge is 0.481 e. The molecule has 0 spiro atoms. The summed E-state index contributed by atoms with van der Waals surface area (Å²) < 4.78 is 3.85. The van der Waals surface area contributed by atoms with Crippen LogP contribution in [-0.2, 0) is 17.9 Å². The summed E-state index contributed by atoms with van der Waals surface area (Å²) >= 11 is 1.19. The Labute approximate surface area is 127 Å². The number of thioether (sulfide) groups is 1. The summed E-state index contributed by atoms with van der Waals surface area (Å²) in [5.74, 6) is 0.225. The number of nitrogens with zero attached hydrogens (tertiary/aromatic N) is 5. The van der Waals surface area contributed by atoms with Crippen LogP contribution in [0.3, 0.4) is 0 Å². The van der Waals surface area contributed by atoms with Crippen molar-refractivity contribution in [1.82, 2.24) is 24.5 Å². The Kier molecular flexibility index (Phi) is 5.00. The lowest BCUT2D eigenvalue weighted by molar-refractivity contribution is -0.133. The third kappa shape index (κ3) is 4.07. The van der Waals surface area contributed by atoms with Crippen LogP contribution in [-0.4, -0.2) is 41.4 Å². The van der Waals surface area contributed by atoms with Crippen molar-refractivity contribution in [2.24, 2.45) is 0 Å². The summed E-state index contributed by atoms with van der Waals surface area (Å²) in [6.45, 7) is 7.46. The van der Waals surface area contributed by atoms with E-state index in [0.717, 1.165) is 11.4 Å². The lowest BCUT2D eigenvalue weighted by atomic mass is 10.2. The molecule has 0 fully saturated rings. The predicted molar refractivity (Wildman–Crippen MR) is 79.4 cm³/mol. The quantitative estimate of drug-likeness (QED) is 0.785. The van der Waals surface area contributed by atoms with E-state index in [-0.39, 0.29) is 11.7 Å². The van der Waals surface area contributed by atoms with Crippen molar-refractivity contribution in [2.45, 2.75) is 44.9 Å². The number of hydrogen-bond acceptors (Lipinski definition) is 5. The number of aromatic nitrogens is 5. The molecule has 0 amide bonds. The van der Waals surface area contributed by atoms with Gasteiger partial charge >= 0.3 is 5.97 Å². The third-order valence-electron chi connectivity index (χ3n) is 2.90. The molecule has 2 aromatic rings. The minimum Gasteiger partial charge on any atom is -0.481 e. The van der Waals surface area contributed by atoms with Gasteiger partial charge in [-0.1, -0.05) is 25.6 Å². The molecule has 0 radical (unpaired) electrons. The van der Waals surface area contributed by atoms with Crippen molar-refractivity contribution in [1.29, 1.82) is 0 Å². The minimum absolute atomic E-state index is 0.0168. The molecule has 0 aliphatic rings. The zero-order chi connectivity index (χ0) is 15.4. The van der Waals surface area contributed by atoms with Crippen molar-refractivity contribution in [3.8, 4) is 0 Å². The van der Waals surface area contributed by atoms with Gasteiger partial charge in [0.25, 0.3) is 0 Å². The molecule has 114 valence electrons. The highest BCUT2D eigenvalue weighted by Gasteiger charge is 2.16. The van der Waals surface area contributed by atoms with E-state index in [1.54, 1.807) is 0 Å². The van der Waals surface area contributed by atoms with Crippen LogP contribution in [0.2, 0.25) is 0 Å². The van der Waals surface area contributed by atoms with Crippen LogP contribution in [0.15, 0.2) is 17.6 Å². The van der Waals surface area contributed by atoms with Crippen LogP contribution in [0, 0.1) is 6.92 Å². The average molecular weight is 309 g/mol. The van der Waals surface area contributed by atoms with Crippen molar-refractivity contribution in [3.63, 3.8) is 0 Å². The summed E-state index contributed by atoms with van der Waals surface area (Å²) in [6.07, 6.45) is 3.79. The van der Waals surface area contributed by atoms with E-state index in [1.807, 2.05) is 42.4 Å². The van der Waals surface area contributed by atoms with E-state index in [9.17, 15) is 4.79 Å². The molecule has 2 aromatic heterocycles. The summed E-state index contributed by atoms with van der Waals surface area (Å²) in [4.78, 5) is 10.7. The maximum atomic E-state index is 10.7. The first-order chi connectivity index (χ1) is 9.97. The third-order valence-corrected chi connectivity index (χ3v) is 3.85. The van der Waals surface area contributed by atoms with Gasteiger partial charge in [0.2, 0.25) is 0 Å². The van der Waals surface area contributed by atoms with E-state index in [2.05, 4.69) is 15.3 Å². The number of carboxylic acids is 1. The van der Waals surface area contributed by atoms with Gasteiger partial charge in [0, 0.05) is 18.7 Å². The molecule has 0 saturated carbocycles. The van der Waals surface area contributed by atoms with E-state index < -0.39 is 5.97 Å². The number of aliphatic carboxylic acids is 1. The number of carbonyl (C=O) groups is 1. The maximum absolute atomic E-state index is 10.7. The highest BCUT2D eigenvalue weighted by Crippen LogP contribution is 2.21. The topological polar surface area (TPSA) is 85.8 Å². The molecule has 21 heavy (non-hydrogen) atoms. The van der Waals surface area contributed by atoms with Crippen molar-refractivity contribution in [2.75, 3.05) is 5.75 Å². The molecule has 0 bridgehead atoms. The Morgan fingerprint density at radius 2 is 2.14 bits per heavy atom. The van der Waals surface area contributed by atoms with Crippen molar-refractivity contribution < 1.29 is 9.90 Å². The first kappa shape index (κ1) is 15.6. The van der Waals surface area contributed by atoms with Crippen LogP contribution >= 0.6 is 11.8 Å². The van der Waals surface area contributed by atoms with Gasteiger partial charge in [-0.25, -0.2) is 0 Å². The van der Waals surface area contributed by atoms with E-state index in [1.165, 1.54) is 11.8 Å². The Hall–Kier alpha value is -1.83. The lowest BCUT2D eigenvalue weighted by Gasteiger charge is -2.11. The second kappa shape index (κ2) is 6.75. The Morgan fingerprint density at radius 3 is 2.71 bits per heavy atom. The fourth-order valence-corrected chi connectivity index (χ4v) is 2.65. The molecule has 0 saturated heterocycles. The molecule has 1 N–H and O–H groups in total. The normalized spacial score (nSPS) is 11.2. The minimum atomic E-state index is -0.858. The summed E-state index contributed by atoms with van der Waals surface area (Å²) in [5, 5.41) is 22.0. The van der Waals surface area contributed by atoms with E-state index >= 15 is 0 Å². The van der Waals surface area contributed by atoms with Gasteiger partial charge in [-0.05, 0) is 12.5 Å². The van der Waals surface area contributed by atoms with Crippen LogP contribution in [0.5, 0.6) is 0 Å². The molecule has 8 heteroatoms. The number of hydrogen-bond donors (Lipinski definition) is 1. The first-order valence-electron chi connectivity index (χ1n) is 6.74. The van der Waals surface area contributed by atoms with E-state index in [4.69, 9.17) is 5.11 Å². The highest BCUT2D eigenvalue weighted by atomic mass is 32.2. The molecule has 0 unspecified atom stereocenters. The fourth-order valence-electron chi connectivity index (χ4n) is 1.96. The van der Waals surface area contributed by atoms with Crippen molar-refractivity contribution in [3.05, 3.63) is 23.8 Å². The Bertz CT molecular complexity index is 620. The molecule has 0 aromatic carbocycles. The molecular weight excluding hydrogens is 290 g/mol. The number of rotatable bonds is 7. The van der Waals surface area contributed by atoms with Crippen molar-refractivity contribution >= 4 is 17.7 Å². The number of aryl methyl sites for hydroxylation is 2.